The zero-order valence-corrected chi connectivity index (χ0v) is 87.8. The van der Waals surface area contributed by atoms with Gasteiger partial charge in [-0.2, -0.15) is 0 Å². The predicted molar refractivity (Wildman–Crippen MR) is 510 cm³/mol. The number of rotatable bonds is 18. The monoisotopic (exact) mass is 1720 g/mol. The Hall–Kier alpha value is -2.12. The van der Waals surface area contributed by atoms with Crippen molar-refractivity contribution in [1.29, 1.82) is 0 Å². The van der Waals surface area contributed by atoms with Crippen LogP contribution < -0.4 is 0 Å². The maximum Gasteiger partial charge on any atom is 0.306 e. The van der Waals surface area contributed by atoms with E-state index in [0.29, 0.717) is 96.1 Å². The number of halogens is 2. The fourth-order valence-electron chi connectivity index (χ4n) is 10.3. The Labute approximate surface area is 745 Å². The van der Waals surface area contributed by atoms with Gasteiger partial charge in [0.25, 0.3) is 0 Å². The van der Waals surface area contributed by atoms with Crippen molar-refractivity contribution in [2.45, 2.75) is 405 Å². The third-order valence-electron chi connectivity index (χ3n) is 26.7. The molecule has 0 spiro atoms. The Bertz CT molecular complexity index is 2380. The summed E-state index contributed by atoms with van der Waals surface area (Å²) < 4.78 is 72.1. The molecule has 0 aromatic heterocycles. The number of carboxylic acid groups (broad SMARTS) is 1. The van der Waals surface area contributed by atoms with E-state index in [1.165, 1.54) is 37.7 Å². The summed E-state index contributed by atoms with van der Waals surface area (Å²) in [4.78, 5) is 21.5. The van der Waals surface area contributed by atoms with Crippen LogP contribution in [0.15, 0.2) is 23.3 Å². The van der Waals surface area contributed by atoms with Crippen LogP contribution in [0.25, 0.3) is 0 Å². The molecule has 8 rings (SSSR count). The molecule has 7 aliphatic heterocycles. The molecule has 120 heavy (non-hydrogen) atoms. The summed E-state index contributed by atoms with van der Waals surface area (Å²) in [5.74, 6) is 8.78. The molecule has 6 fully saturated rings. The highest BCUT2D eigenvalue weighted by Gasteiger charge is 2.37. The Morgan fingerprint density at radius 2 is 0.825 bits per heavy atom. The Morgan fingerprint density at radius 1 is 0.450 bits per heavy atom. The van der Waals surface area contributed by atoms with E-state index >= 15 is 0 Å². The van der Waals surface area contributed by atoms with Gasteiger partial charge < -0.3 is 58.0 Å². The zero-order chi connectivity index (χ0) is 95.1. The summed E-state index contributed by atoms with van der Waals surface area (Å²) in [5.41, 5.74) is 3.57. The second-order valence-corrected chi connectivity index (χ2v) is 44.4. The molecular weight excluding hydrogens is 1510 g/mol. The molecule has 8 aliphatic rings. The number of esters is 1. The fourth-order valence-corrected chi connectivity index (χ4v) is 10.3. The number of hydrogen-bond donors (Lipinski definition) is 3. The maximum atomic E-state index is 12.6. The van der Waals surface area contributed by atoms with Gasteiger partial charge in [-0.05, 0) is 206 Å². The average molecular weight is 1720 g/mol. The van der Waals surface area contributed by atoms with Gasteiger partial charge in [0.1, 0.15) is 0 Å². The topological polar surface area (TPSA) is 178 Å². The molecule has 0 aromatic rings. The van der Waals surface area contributed by atoms with Crippen molar-refractivity contribution in [3.63, 3.8) is 0 Å². The highest BCUT2D eigenvalue weighted by atomic mass is 19.3. The summed E-state index contributed by atoms with van der Waals surface area (Å²) in [5, 5.41) is 26.4. The minimum atomic E-state index is -2.36. The highest BCUT2D eigenvalue weighted by molar-refractivity contribution is 5.70. The number of aliphatic hydroxyl groups is 2. The molecule has 0 radical (unpaired) electrons. The Morgan fingerprint density at radius 3 is 1.02 bits per heavy atom. The SMILES string of the molecule is CC(C)C(C)(C)C.CC(C)C(C)(C)C.CC(C)C(C)(C)CC(=O)O.CC(C)C(C)(C)CO.CC(C)C(C)(C)O.CC(C)C1(C)OCCO1.CC(C)C1=CCOC1.CC(C)C1=CCOCC1.CC(C)C1CCC(F)(F)CC1.CC(C)C1CCCO1.CC(C)C1CCOC1.CC(C)C1CCOCC1.CC(C)C1COC1.CCOC(=O)CC(C)(C)C(C)C. The van der Waals surface area contributed by atoms with Gasteiger partial charge in [-0.25, -0.2) is 8.78 Å². The van der Waals surface area contributed by atoms with Crippen molar-refractivity contribution in [1.82, 2.24) is 0 Å². The minimum absolute atomic E-state index is 0.0479. The molecule has 1 aliphatic carbocycles. The average Bonchev–Trinajstić information content (AvgIpc) is 1.21. The van der Waals surface area contributed by atoms with Gasteiger partial charge in [-0.1, -0.05) is 295 Å². The first-order valence-corrected chi connectivity index (χ1v) is 47.8. The maximum absolute atomic E-state index is 12.6. The number of alkyl halides is 2. The molecule has 1 saturated carbocycles. The van der Waals surface area contributed by atoms with Crippen LogP contribution >= 0.6 is 0 Å². The van der Waals surface area contributed by atoms with Crippen LogP contribution in [-0.2, 0) is 52.2 Å². The van der Waals surface area contributed by atoms with Crippen molar-refractivity contribution < 1.29 is 76.3 Å². The standard InChI is InChI=1S/C10H20O2.C9H16F2.C8H16O2.C8H16O.C8H14O.C7H14O2.C7H14O.C7H12O.C7H14O.C7H16O.2C7H16.C6H12O.C6H14O/c1-6-12-9(11)7-10(4,5)8(2)3;1-7(2)8-3-5-9(10,11)6-4-8;1-6(2)8(3,4)5-7(9)10;2*1-7(2)8-3-5-9-6-4-8;1-6(2)7(3)8-4-5-9-7;2*1-6(2)7-3-4-8-5-7;1-6(2)7-4-3-5-8-7;1-6(2)7(3,4)5-8;2*1-6(2)7(3,4)5;1-5(2)6-3-7-4-6;1-5(2)6(3,4)7/h8H,6-7H2,1-5H3;7-8H,3-6H2,1-2H3;6H,5H2,1-4H3,(H,9,10);7-8H,3-6H2,1-2H3;3,7H,4-6H2,1-2H3;6H,4-5H2,1-3H3;6-7H,3-5H2,1-2H3;3,6H,4-5H2,1-2H3;6-7H,3-5H2,1-2H3;6,8H,5H2,1-4H3;2*6H,1-5H3;5-6H,3-4H2,1-2H3;5,7H,1-4H3. The van der Waals surface area contributed by atoms with Crippen LogP contribution in [0, 0.1) is 134 Å². The molecule has 16 heteroatoms. The van der Waals surface area contributed by atoms with Gasteiger partial charge in [0, 0.05) is 64.3 Å². The van der Waals surface area contributed by atoms with Gasteiger partial charge >= 0.3 is 11.9 Å². The van der Waals surface area contributed by atoms with E-state index in [-0.39, 0.29) is 53.9 Å². The number of hydrogen-bond acceptors (Lipinski definition) is 13. The van der Waals surface area contributed by atoms with E-state index in [0.717, 1.165) is 146 Å². The van der Waals surface area contributed by atoms with Gasteiger partial charge in [0.15, 0.2) is 5.79 Å². The lowest BCUT2D eigenvalue weighted by Gasteiger charge is -2.30. The van der Waals surface area contributed by atoms with E-state index in [1.54, 1.807) is 5.57 Å². The van der Waals surface area contributed by atoms with Crippen molar-refractivity contribution >= 4 is 11.9 Å². The van der Waals surface area contributed by atoms with E-state index < -0.39 is 17.5 Å². The second kappa shape index (κ2) is 67.2. The summed E-state index contributed by atoms with van der Waals surface area (Å²) in [6, 6.07) is 0. The van der Waals surface area contributed by atoms with E-state index in [4.69, 9.17) is 58.0 Å². The molecule has 14 nitrogen and oxygen atoms in total. The van der Waals surface area contributed by atoms with Gasteiger partial charge in [0.2, 0.25) is 5.92 Å². The predicted octanol–water partition coefficient (Wildman–Crippen LogP) is 28.5. The quantitative estimate of drug-likeness (QED) is 0.0872. The van der Waals surface area contributed by atoms with Crippen LogP contribution in [0.1, 0.15) is 382 Å². The lowest BCUT2D eigenvalue weighted by atomic mass is 9.78. The van der Waals surface area contributed by atoms with Crippen molar-refractivity contribution in [2.24, 2.45) is 134 Å². The first-order chi connectivity index (χ1) is 54.6. The summed E-state index contributed by atoms with van der Waals surface area (Å²) in [6.07, 6.45) is 14.9. The van der Waals surface area contributed by atoms with E-state index in [9.17, 15) is 18.4 Å². The number of carbonyl (C=O) groups excluding carboxylic acids is 1. The molecule has 3 N–H and O–H groups in total. The second-order valence-electron chi connectivity index (χ2n) is 44.4. The number of ether oxygens (including phenoxy) is 9. The van der Waals surface area contributed by atoms with E-state index in [1.807, 2.05) is 69.2 Å². The van der Waals surface area contributed by atoms with Crippen LogP contribution in [0.5, 0.6) is 0 Å². The fraction of sp³-hybridized carbons (Fsp3) is 0.942. The van der Waals surface area contributed by atoms with Crippen molar-refractivity contribution in [3.8, 4) is 0 Å². The molecule has 724 valence electrons. The van der Waals surface area contributed by atoms with Crippen molar-refractivity contribution in [3.05, 3.63) is 23.3 Å². The van der Waals surface area contributed by atoms with Crippen molar-refractivity contribution in [2.75, 3.05) is 99.1 Å². The molecule has 7 heterocycles. The third-order valence-corrected chi connectivity index (χ3v) is 26.7. The Balaban J connectivity index is -0.000000292. The van der Waals surface area contributed by atoms with Gasteiger partial charge in [0.05, 0.1) is 84.0 Å². The van der Waals surface area contributed by atoms with E-state index in [2.05, 4.69) is 248 Å². The first kappa shape index (κ1) is 129. The highest BCUT2D eigenvalue weighted by Crippen LogP contribution is 2.39. The molecule has 5 saturated heterocycles. The number of aliphatic carboxylic acids is 1. The van der Waals surface area contributed by atoms with Gasteiger partial charge in [-0.3, -0.25) is 9.59 Å². The number of carbonyl (C=O) groups is 2. The van der Waals surface area contributed by atoms with Crippen LogP contribution in [0.3, 0.4) is 0 Å². The third kappa shape index (κ3) is 69.9. The molecule has 0 bridgehead atoms. The molecule has 0 aromatic carbocycles. The largest absolute Gasteiger partial charge is 0.481 e. The van der Waals surface area contributed by atoms with Crippen LogP contribution in [-0.4, -0.2) is 150 Å². The Kier molecular flexibility index (Phi) is 72.0. The van der Waals surface area contributed by atoms with Gasteiger partial charge in [-0.15, -0.1) is 0 Å². The zero-order valence-electron chi connectivity index (χ0n) is 87.8. The first-order valence-electron chi connectivity index (χ1n) is 47.8. The summed E-state index contributed by atoms with van der Waals surface area (Å²) in [6.45, 7) is 107. The number of carboxylic acids is 1. The molecule has 0 amide bonds. The minimum Gasteiger partial charge on any atom is -0.481 e. The lowest BCUT2D eigenvalue weighted by Crippen LogP contribution is -2.31. The smallest absolute Gasteiger partial charge is 0.306 e. The molecule has 2 unspecified atom stereocenters. The molecular formula is C104H210F2O14. The van der Waals surface area contributed by atoms with Crippen LogP contribution in [0.2, 0.25) is 0 Å². The lowest BCUT2D eigenvalue weighted by molar-refractivity contribution is -0.172. The number of aliphatic hydroxyl groups excluding tert-OH is 1. The normalized spacial score (nSPS) is 19.4. The summed E-state index contributed by atoms with van der Waals surface area (Å²) in [7, 11) is 0. The molecule has 2 atom stereocenters. The summed E-state index contributed by atoms with van der Waals surface area (Å²) >= 11 is 0. The van der Waals surface area contributed by atoms with Crippen LogP contribution in [0.4, 0.5) is 8.78 Å².